The van der Waals surface area contributed by atoms with E-state index in [0.29, 0.717) is 18.9 Å². The maximum absolute atomic E-state index is 13.5. The van der Waals surface area contributed by atoms with Gasteiger partial charge in [0.05, 0.1) is 6.54 Å². The number of fused-ring (bicyclic) bond motifs is 1. The SMILES string of the molecule is C=CCn1c(Cn2ccnc2-c2cccc(F)c2)nc2cccnc21. The Hall–Kier alpha value is -3.28. The highest BCUT2D eigenvalue weighted by Gasteiger charge is 2.14. The van der Waals surface area contributed by atoms with Crippen LogP contribution in [0.4, 0.5) is 4.39 Å². The molecule has 4 rings (SSSR count). The maximum atomic E-state index is 13.5. The van der Waals surface area contributed by atoms with Gasteiger partial charge < -0.3 is 9.13 Å². The van der Waals surface area contributed by atoms with Crippen LogP contribution in [-0.4, -0.2) is 24.1 Å². The van der Waals surface area contributed by atoms with E-state index in [2.05, 4.69) is 21.5 Å². The average molecular weight is 333 g/mol. The molecular weight excluding hydrogens is 317 g/mol. The smallest absolute Gasteiger partial charge is 0.160 e. The maximum Gasteiger partial charge on any atom is 0.160 e. The fraction of sp³-hybridized carbons (Fsp3) is 0.105. The van der Waals surface area contributed by atoms with E-state index in [9.17, 15) is 4.39 Å². The second-order valence-corrected chi connectivity index (χ2v) is 5.66. The first-order valence-corrected chi connectivity index (χ1v) is 7.94. The topological polar surface area (TPSA) is 48.5 Å². The number of hydrogen-bond donors (Lipinski definition) is 0. The lowest BCUT2D eigenvalue weighted by atomic mass is 10.2. The summed E-state index contributed by atoms with van der Waals surface area (Å²) in [5.41, 5.74) is 2.39. The van der Waals surface area contributed by atoms with E-state index in [1.807, 2.05) is 39.6 Å². The van der Waals surface area contributed by atoms with Gasteiger partial charge in [-0.05, 0) is 24.3 Å². The van der Waals surface area contributed by atoms with E-state index in [1.54, 1.807) is 18.5 Å². The third-order valence-electron chi connectivity index (χ3n) is 4.00. The third-order valence-corrected chi connectivity index (χ3v) is 4.00. The van der Waals surface area contributed by atoms with Crippen LogP contribution >= 0.6 is 0 Å². The van der Waals surface area contributed by atoms with Crippen LogP contribution in [0.25, 0.3) is 22.6 Å². The first-order chi connectivity index (χ1) is 12.3. The van der Waals surface area contributed by atoms with E-state index < -0.39 is 0 Å². The van der Waals surface area contributed by atoms with Crippen molar-refractivity contribution in [2.24, 2.45) is 0 Å². The Kier molecular flexibility index (Phi) is 3.85. The number of allylic oxidation sites excluding steroid dienone is 1. The summed E-state index contributed by atoms with van der Waals surface area (Å²) in [4.78, 5) is 13.5. The lowest BCUT2D eigenvalue weighted by molar-refractivity contribution is 0.627. The number of benzene rings is 1. The van der Waals surface area contributed by atoms with Crippen LogP contribution in [0, 0.1) is 5.82 Å². The zero-order valence-electron chi connectivity index (χ0n) is 13.5. The second-order valence-electron chi connectivity index (χ2n) is 5.66. The third kappa shape index (κ3) is 2.82. The molecule has 6 heteroatoms. The zero-order valence-corrected chi connectivity index (χ0v) is 13.5. The van der Waals surface area contributed by atoms with Crippen LogP contribution in [-0.2, 0) is 13.1 Å². The van der Waals surface area contributed by atoms with Crippen LogP contribution in [0.15, 0.2) is 67.6 Å². The van der Waals surface area contributed by atoms with Gasteiger partial charge in [-0.25, -0.2) is 19.3 Å². The van der Waals surface area contributed by atoms with Gasteiger partial charge in [0.15, 0.2) is 5.65 Å². The molecule has 0 amide bonds. The van der Waals surface area contributed by atoms with Crippen LogP contribution < -0.4 is 0 Å². The fourth-order valence-electron chi connectivity index (χ4n) is 2.92. The van der Waals surface area contributed by atoms with E-state index >= 15 is 0 Å². The van der Waals surface area contributed by atoms with Gasteiger partial charge in [-0.15, -0.1) is 6.58 Å². The molecule has 0 atom stereocenters. The standard InChI is InChI=1S/C19H16FN5/c1-2-10-25-17(23-16-7-4-8-21-19(16)25)13-24-11-9-22-18(24)14-5-3-6-15(20)12-14/h2-9,11-12H,1,10,13H2. The molecule has 0 radical (unpaired) electrons. The van der Waals surface area contributed by atoms with Crippen molar-refractivity contribution in [3.8, 4) is 11.4 Å². The summed E-state index contributed by atoms with van der Waals surface area (Å²) in [6, 6.07) is 10.2. The number of nitrogens with zero attached hydrogens (tertiary/aromatic N) is 5. The van der Waals surface area contributed by atoms with Crippen LogP contribution in [0.2, 0.25) is 0 Å². The molecule has 0 spiro atoms. The Morgan fingerprint density at radius 2 is 2.04 bits per heavy atom. The Morgan fingerprint density at radius 1 is 1.12 bits per heavy atom. The molecule has 1 aromatic carbocycles. The van der Waals surface area contributed by atoms with E-state index in [4.69, 9.17) is 0 Å². The number of imidazole rings is 2. The van der Waals surface area contributed by atoms with Crippen molar-refractivity contribution >= 4 is 11.2 Å². The molecule has 0 saturated heterocycles. The van der Waals surface area contributed by atoms with Crippen LogP contribution in [0.3, 0.4) is 0 Å². The minimum atomic E-state index is -0.282. The second kappa shape index (κ2) is 6.32. The van der Waals surface area contributed by atoms with Gasteiger partial charge in [-0.1, -0.05) is 18.2 Å². The highest BCUT2D eigenvalue weighted by molar-refractivity contribution is 5.71. The molecule has 25 heavy (non-hydrogen) atoms. The van der Waals surface area contributed by atoms with Crippen molar-refractivity contribution in [1.82, 2.24) is 24.1 Å². The molecule has 0 aliphatic rings. The summed E-state index contributed by atoms with van der Waals surface area (Å²) in [6.07, 6.45) is 7.15. The van der Waals surface area contributed by atoms with Gasteiger partial charge in [0.2, 0.25) is 0 Å². The molecule has 3 heterocycles. The quantitative estimate of drug-likeness (QED) is 0.524. The van der Waals surface area contributed by atoms with Gasteiger partial charge >= 0.3 is 0 Å². The van der Waals surface area contributed by atoms with Crippen molar-refractivity contribution < 1.29 is 4.39 Å². The lowest BCUT2D eigenvalue weighted by Gasteiger charge is -2.10. The zero-order chi connectivity index (χ0) is 17.2. The molecule has 124 valence electrons. The Balaban J connectivity index is 1.77. The van der Waals surface area contributed by atoms with Gasteiger partial charge in [-0.2, -0.15) is 0 Å². The molecule has 3 aromatic heterocycles. The summed E-state index contributed by atoms with van der Waals surface area (Å²) in [7, 11) is 0. The number of rotatable bonds is 5. The van der Waals surface area contributed by atoms with E-state index in [-0.39, 0.29) is 5.82 Å². The Labute approximate surface area is 144 Å². The van der Waals surface area contributed by atoms with Crippen LogP contribution in [0.5, 0.6) is 0 Å². The predicted octanol–water partition coefficient (Wildman–Crippen LogP) is 3.67. The van der Waals surface area contributed by atoms with Gasteiger partial charge in [0.1, 0.15) is 23.0 Å². The van der Waals surface area contributed by atoms with Crippen LogP contribution in [0.1, 0.15) is 5.82 Å². The highest BCUT2D eigenvalue weighted by atomic mass is 19.1. The monoisotopic (exact) mass is 333 g/mol. The van der Waals surface area contributed by atoms with Crippen molar-refractivity contribution in [2.75, 3.05) is 0 Å². The molecule has 0 N–H and O–H groups in total. The van der Waals surface area contributed by atoms with Gasteiger partial charge in [0, 0.05) is 30.7 Å². The average Bonchev–Trinajstić information content (AvgIpc) is 3.21. The number of pyridine rings is 1. The molecule has 0 unspecified atom stereocenters. The largest absolute Gasteiger partial charge is 0.323 e. The Bertz CT molecular complexity index is 1050. The summed E-state index contributed by atoms with van der Waals surface area (Å²) in [6.45, 7) is 4.95. The van der Waals surface area contributed by atoms with E-state index in [0.717, 1.165) is 22.6 Å². The minimum absolute atomic E-state index is 0.282. The molecule has 4 aromatic rings. The lowest BCUT2D eigenvalue weighted by Crippen LogP contribution is -2.09. The molecule has 0 bridgehead atoms. The molecule has 0 aliphatic heterocycles. The number of hydrogen-bond acceptors (Lipinski definition) is 3. The number of halogens is 1. The van der Waals surface area contributed by atoms with Crippen molar-refractivity contribution in [3.05, 3.63) is 79.3 Å². The van der Waals surface area contributed by atoms with Gasteiger partial charge in [-0.3, -0.25) is 0 Å². The van der Waals surface area contributed by atoms with Crippen molar-refractivity contribution in [2.45, 2.75) is 13.1 Å². The summed E-state index contributed by atoms with van der Waals surface area (Å²) in [5.74, 6) is 1.27. The minimum Gasteiger partial charge on any atom is -0.323 e. The van der Waals surface area contributed by atoms with E-state index in [1.165, 1.54) is 12.1 Å². The number of aromatic nitrogens is 5. The molecule has 0 saturated carbocycles. The van der Waals surface area contributed by atoms with Crippen molar-refractivity contribution in [3.63, 3.8) is 0 Å². The first kappa shape index (κ1) is 15.3. The Morgan fingerprint density at radius 3 is 2.88 bits per heavy atom. The summed E-state index contributed by atoms with van der Waals surface area (Å²) < 4.78 is 17.5. The molecular formula is C19H16FN5. The predicted molar refractivity (Wildman–Crippen MR) is 94.4 cm³/mol. The first-order valence-electron chi connectivity index (χ1n) is 7.94. The van der Waals surface area contributed by atoms with Crippen molar-refractivity contribution in [1.29, 1.82) is 0 Å². The highest BCUT2D eigenvalue weighted by Crippen LogP contribution is 2.21. The fourth-order valence-corrected chi connectivity index (χ4v) is 2.92. The van der Waals surface area contributed by atoms with Gasteiger partial charge in [0.25, 0.3) is 0 Å². The molecule has 0 aliphatic carbocycles. The summed E-state index contributed by atoms with van der Waals surface area (Å²) >= 11 is 0. The molecule has 0 fully saturated rings. The summed E-state index contributed by atoms with van der Waals surface area (Å²) in [5, 5.41) is 0. The normalized spacial score (nSPS) is 11.1. The molecule has 5 nitrogen and oxygen atoms in total.